The van der Waals surface area contributed by atoms with Crippen LogP contribution in [0.5, 0.6) is 0 Å². The van der Waals surface area contributed by atoms with Gasteiger partial charge in [-0.05, 0) is 30.9 Å². The van der Waals surface area contributed by atoms with Crippen LogP contribution < -0.4 is 11.1 Å². The normalized spacial score (nSPS) is 12.2. The Morgan fingerprint density at radius 2 is 1.88 bits per heavy atom. The molecule has 1 aromatic carbocycles. The van der Waals surface area contributed by atoms with Crippen molar-refractivity contribution in [3.8, 4) is 0 Å². The molecule has 3 heteroatoms. The number of rotatable bonds is 5. The van der Waals surface area contributed by atoms with Crippen LogP contribution in [0.25, 0.3) is 0 Å². The maximum Gasteiger partial charge on any atom is 0.236 e. The summed E-state index contributed by atoms with van der Waals surface area (Å²) >= 11 is 0. The number of carbonyl (C=O) groups is 1. The molecule has 0 aliphatic heterocycles. The second-order valence-corrected chi connectivity index (χ2v) is 4.00. The molecule has 0 aliphatic rings. The molecule has 0 heterocycles. The maximum absolute atomic E-state index is 11.2. The van der Waals surface area contributed by atoms with Gasteiger partial charge in [0.05, 0.1) is 6.04 Å². The second-order valence-electron chi connectivity index (χ2n) is 4.00. The van der Waals surface area contributed by atoms with Gasteiger partial charge >= 0.3 is 0 Å². The predicted molar refractivity (Wildman–Crippen MR) is 66.2 cm³/mol. The SMILES string of the molecule is CCc1ccc(CCNC(=O)[C@@H](C)N)cc1. The molecule has 1 rings (SSSR count). The number of nitrogens with two attached hydrogens (primary N) is 1. The lowest BCUT2D eigenvalue weighted by Crippen LogP contribution is -2.39. The number of carbonyl (C=O) groups excluding carboxylic acids is 1. The molecule has 0 aromatic heterocycles. The van der Waals surface area contributed by atoms with Gasteiger partial charge in [-0.3, -0.25) is 4.79 Å². The molecule has 0 bridgehead atoms. The molecule has 0 saturated carbocycles. The summed E-state index contributed by atoms with van der Waals surface area (Å²) in [5.41, 5.74) is 8.02. The van der Waals surface area contributed by atoms with E-state index in [1.54, 1.807) is 6.92 Å². The van der Waals surface area contributed by atoms with E-state index in [2.05, 4.69) is 36.5 Å². The lowest BCUT2D eigenvalue weighted by molar-refractivity contribution is -0.121. The highest BCUT2D eigenvalue weighted by Gasteiger charge is 2.05. The van der Waals surface area contributed by atoms with Crippen LogP contribution in [0, 0.1) is 0 Å². The first kappa shape index (κ1) is 12.7. The largest absolute Gasteiger partial charge is 0.354 e. The van der Waals surface area contributed by atoms with E-state index in [9.17, 15) is 4.79 Å². The fraction of sp³-hybridized carbons (Fsp3) is 0.462. The number of amides is 1. The van der Waals surface area contributed by atoms with E-state index in [0.717, 1.165) is 12.8 Å². The molecule has 0 aliphatic carbocycles. The zero-order valence-electron chi connectivity index (χ0n) is 9.99. The highest BCUT2D eigenvalue weighted by molar-refractivity contribution is 5.80. The molecule has 0 unspecified atom stereocenters. The second kappa shape index (κ2) is 6.28. The highest BCUT2D eigenvalue weighted by atomic mass is 16.2. The third kappa shape index (κ3) is 4.03. The molecular formula is C13H20N2O. The van der Waals surface area contributed by atoms with Crippen molar-refractivity contribution in [3.05, 3.63) is 35.4 Å². The van der Waals surface area contributed by atoms with E-state index in [1.807, 2.05) is 0 Å². The van der Waals surface area contributed by atoms with Crippen molar-refractivity contribution in [1.29, 1.82) is 0 Å². The van der Waals surface area contributed by atoms with Gasteiger partial charge in [-0.25, -0.2) is 0 Å². The van der Waals surface area contributed by atoms with E-state index < -0.39 is 6.04 Å². The Balaban J connectivity index is 2.34. The molecule has 1 amide bonds. The van der Waals surface area contributed by atoms with Crippen molar-refractivity contribution < 1.29 is 4.79 Å². The van der Waals surface area contributed by atoms with Crippen LogP contribution in [0.4, 0.5) is 0 Å². The van der Waals surface area contributed by atoms with Gasteiger partial charge in [-0.1, -0.05) is 31.2 Å². The molecule has 3 nitrogen and oxygen atoms in total. The third-order valence-corrected chi connectivity index (χ3v) is 2.56. The number of benzene rings is 1. The summed E-state index contributed by atoms with van der Waals surface area (Å²) in [6, 6.07) is 8.04. The molecule has 88 valence electrons. The minimum atomic E-state index is -0.428. The van der Waals surface area contributed by atoms with Gasteiger partial charge in [0.25, 0.3) is 0 Å². The van der Waals surface area contributed by atoms with Crippen LogP contribution in [-0.2, 0) is 17.6 Å². The van der Waals surface area contributed by atoms with Crippen molar-refractivity contribution in [3.63, 3.8) is 0 Å². The summed E-state index contributed by atoms with van der Waals surface area (Å²) in [5.74, 6) is -0.0924. The number of hydrogen-bond acceptors (Lipinski definition) is 2. The van der Waals surface area contributed by atoms with Gasteiger partial charge in [0.15, 0.2) is 0 Å². The number of nitrogens with one attached hydrogen (secondary N) is 1. The fourth-order valence-electron chi connectivity index (χ4n) is 1.43. The van der Waals surface area contributed by atoms with Crippen LogP contribution >= 0.6 is 0 Å². The van der Waals surface area contributed by atoms with E-state index in [1.165, 1.54) is 11.1 Å². The molecule has 16 heavy (non-hydrogen) atoms. The van der Waals surface area contributed by atoms with Gasteiger partial charge in [0, 0.05) is 6.54 Å². The highest BCUT2D eigenvalue weighted by Crippen LogP contribution is 2.05. The van der Waals surface area contributed by atoms with E-state index in [-0.39, 0.29) is 5.91 Å². The quantitative estimate of drug-likeness (QED) is 0.784. The summed E-state index contributed by atoms with van der Waals surface area (Å²) in [6.07, 6.45) is 1.91. The van der Waals surface area contributed by atoms with E-state index in [0.29, 0.717) is 6.54 Å². The van der Waals surface area contributed by atoms with Crippen molar-refractivity contribution >= 4 is 5.91 Å². The summed E-state index contributed by atoms with van der Waals surface area (Å²) in [4.78, 5) is 11.2. The molecule has 1 atom stereocenters. The Bertz CT molecular complexity index is 330. The standard InChI is InChI=1S/C13H20N2O/c1-3-11-4-6-12(7-5-11)8-9-15-13(16)10(2)14/h4-7,10H,3,8-9,14H2,1-2H3,(H,15,16)/t10-/m1/s1. The average molecular weight is 220 g/mol. The fourth-order valence-corrected chi connectivity index (χ4v) is 1.43. The van der Waals surface area contributed by atoms with Gasteiger partial charge < -0.3 is 11.1 Å². The third-order valence-electron chi connectivity index (χ3n) is 2.56. The van der Waals surface area contributed by atoms with Crippen LogP contribution in [0.1, 0.15) is 25.0 Å². The number of aryl methyl sites for hydroxylation is 1. The zero-order chi connectivity index (χ0) is 12.0. The number of hydrogen-bond donors (Lipinski definition) is 2. The lowest BCUT2D eigenvalue weighted by Gasteiger charge is -2.07. The lowest BCUT2D eigenvalue weighted by atomic mass is 10.1. The minimum absolute atomic E-state index is 0.0924. The van der Waals surface area contributed by atoms with Gasteiger partial charge in [0.2, 0.25) is 5.91 Å². The van der Waals surface area contributed by atoms with E-state index in [4.69, 9.17) is 5.73 Å². The summed E-state index contributed by atoms with van der Waals surface area (Å²) in [5, 5.41) is 2.80. The summed E-state index contributed by atoms with van der Waals surface area (Å²) < 4.78 is 0. The van der Waals surface area contributed by atoms with Crippen LogP contribution in [0.2, 0.25) is 0 Å². The minimum Gasteiger partial charge on any atom is -0.354 e. The Morgan fingerprint density at radius 3 is 2.38 bits per heavy atom. The molecule has 1 aromatic rings. The smallest absolute Gasteiger partial charge is 0.236 e. The van der Waals surface area contributed by atoms with Gasteiger partial charge in [0.1, 0.15) is 0 Å². The molecule has 3 N–H and O–H groups in total. The molecule has 0 saturated heterocycles. The molecule has 0 spiro atoms. The van der Waals surface area contributed by atoms with Crippen molar-refractivity contribution in [2.45, 2.75) is 32.7 Å². The first-order chi connectivity index (χ1) is 7.63. The zero-order valence-corrected chi connectivity index (χ0v) is 9.99. The summed E-state index contributed by atoms with van der Waals surface area (Å²) in [6.45, 7) is 4.47. The Labute approximate surface area is 97.0 Å². The predicted octanol–water partition coefficient (Wildman–Crippen LogP) is 1.25. The Hall–Kier alpha value is -1.35. The summed E-state index contributed by atoms with van der Waals surface area (Å²) in [7, 11) is 0. The van der Waals surface area contributed by atoms with Crippen molar-refractivity contribution in [1.82, 2.24) is 5.32 Å². The molecule has 0 radical (unpaired) electrons. The monoisotopic (exact) mass is 220 g/mol. The first-order valence-electron chi connectivity index (χ1n) is 5.74. The Morgan fingerprint density at radius 1 is 1.31 bits per heavy atom. The van der Waals surface area contributed by atoms with Gasteiger partial charge in [-0.15, -0.1) is 0 Å². The van der Waals surface area contributed by atoms with E-state index >= 15 is 0 Å². The van der Waals surface area contributed by atoms with Crippen molar-refractivity contribution in [2.24, 2.45) is 5.73 Å². The first-order valence-corrected chi connectivity index (χ1v) is 5.74. The molecule has 0 fully saturated rings. The van der Waals surface area contributed by atoms with Crippen LogP contribution in [0.15, 0.2) is 24.3 Å². The maximum atomic E-state index is 11.2. The van der Waals surface area contributed by atoms with Crippen LogP contribution in [-0.4, -0.2) is 18.5 Å². The molecular weight excluding hydrogens is 200 g/mol. The van der Waals surface area contributed by atoms with Crippen molar-refractivity contribution in [2.75, 3.05) is 6.54 Å². The van der Waals surface area contributed by atoms with Gasteiger partial charge in [-0.2, -0.15) is 0 Å². The Kier molecular flexibility index (Phi) is 4.99. The van der Waals surface area contributed by atoms with Crippen LogP contribution in [0.3, 0.4) is 0 Å². The topological polar surface area (TPSA) is 55.1 Å². The average Bonchev–Trinajstić information content (AvgIpc) is 2.29.